The Bertz CT molecular complexity index is 200. The van der Waals surface area contributed by atoms with Crippen LogP contribution >= 0.6 is 0 Å². The van der Waals surface area contributed by atoms with Gasteiger partial charge in [-0.15, -0.1) is 0 Å². The maximum atomic E-state index is 11.8. The van der Waals surface area contributed by atoms with Crippen molar-refractivity contribution in [2.24, 2.45) is 11.8 Å². The summed E-state index contributed by atoms with van der Waals surface area (Å²) in [6.07, 6.45) is 2.74. The molecule has 102 valence electrons. The van der Waals surface area contributed by atoms with E-state index in [4.69, 9.17) is 4.74 Å². The maximum absolute atomic E-state index is 11.8. The molecular formula is C13H25F2NO. The van der Waals surface area contributed by atoms with E-state index in [0.29, 0.717) is 25.1 Å². The Morgan fingerprint density at radius 1 is 1.24 bits per heavy atom. The van der Waals surface area contributed by atoms with Gasteiger partial charge in [0.05, 0.1) is 6.61 Å². The second kappa shape index (κ2) is 7.98. The molecule has 0 aromatic carbocycles. The minimum atomic E-state index is -2.35. The Morgan fingerprint density at radius 3 is 2.59 bits per heavy atom. The van der Waals surface area contributed by atoms with Crippen molar-refractivity contribution in [3.8, 4) is 0 Å². The highest BCUT2D eigenvalue weighted by atomic mass is 19.3. The van der Waals surface area contributed by atoms with Crippen LogP contribution in [0.5, 0.6) is 0 Å². The summed E-state index contributed by atoms with van der Waals surface area (Å²) in [7, 11) is 0. The van der Waals surface area contributed by atoms with Gasteiger partial charge in [-0.25, -0.2) is 8.78 Å². The van der Waals surface area contributed by atoms with E-state index in [1.165, 1.54) is 25.7 Å². The number of rotatable bonds is 7. The molecule has 2 nitrogen and oxygen atoms in total. The molecule has 1 N–H and O–H groups in total. The van der Waals surface area contributed by atoms with E-state index in [-0.39, 0.29) is 0 Å². The summed E-state index contributed by atoms with van der Waals surface area (Å²) in [4.78, 5) is 0. The molecule has 17 heavy (non-hydrogen) atoms. The molecule has 0 bridgehead atoms. The number of nitrogens with one attached hydrogen (secondary N) is 1. The highest BCUT2D eigenvalue weighted by Crippen LogP contribution is 2.29. The Balaban J connectivity index is 2.15. The van der Waals surface area contributed by atoms with Gasteiger partial charge in [0.2, 0.25) is 0 Å². The molecule has 0 aromatic rings. The summed E-state index contributed by atoms with van der Waals surface area (Å²) in [6.45, 7) is 5.14. The van der Waals surface area contributed by atoms with Crippen LogP contribution < -0.4 is 5.32 Å². The van der Waals surface area contributed by atoms with Crippen molar-refractivity contribution < 1.29 is 13.5 Å². The molecule has 1 aliphatic carbocycles. The molecule has 2 unspecified atom stereocenters. The maximum Gasteiger partial charge on any atom is 0.261 e. The van der Waals surface area contributed by atoms with Gasteiger partial charge in [-0.3, -0.25) is 0 Å². The van der Waals surface area contributed by atoms with Crippen molar-refractivity contribution in [1.82, 2.24) is 5.32 Å². The van der Waals surface area contributed by atoms with Gasteiger partial charge in [-0.1, -0.05) is 26.7 Å². The average Bonchev–Trinajstić information content (AvgIpc) is 2.28. The van der Waals surface area contributed by atoms with Crippen molar-refractivity contribution in [2.75, 3.05) is 19.8 Å². The first-order chi connectivity index (χ1) is 8.11. The molecule has 0 heterocycles. The predicted octanol–water partition coefficient (Wildman–Crippen LogP) is 3.07. The summed E-state index contributed by atoms with van der Waals surface area (Å²) in [5, 5.41) is 3.46. The molecule has 1 rings (SSSR count). The highest BCUT2D eigenvalue weighted by molar-refractivity contribution is 4.82. The number of ether oxygens (including phenoxy) is 1. The van der Waals surface area contributed by atoms with Gasteiger partial charge in [0.15, 0.2) is 0 Å². The van der Waals surface area contributed by atoms with Crippen LogP contribution in [0.1, 0.15) is 39.5 Å². The van der Waals surface area contributed by atoms with E-state index < -0.39 is 13.0 Å². The van der Waals surface area contributed by atoms with Crippen LogP contribution in [0.15, 0.2) is 0 Å². The van der Waals surface area contributed by atoms with Gasteiger partial charge in [-0.2, -0.15) is 0 Å². The Labute approximate surface area is 103 Å². The Hall–Kier alpha value is -0.220. The van der Waals surface area contributed by atoms with Crippen LogP contribution in [0.4, 0.5) is 8.78 Å². The number of halogens is 2. The largest absolute Gasteiger partial charge is 0.374 e. The van der Waals surface area contributed by atoms with Crippen LogP contribution in [0.2, 0.25) is 0 Å². The second-order valence-electron chi connectivity index (χ2n) is 5.22. The molecule has 1 aliphatic rings. The smallest absolute Gasteiger partial charge is 0.261 e. The highest BCUT2D eigenvalue weighted by Gasteiger charge is 2.26. The predicted molar refractivity (Wildman–Crippen MR) is 65.4 cm³/mol. The molecule has 0 saturated heterocycles. The van der Waals surface area contributed by atoms with Gasteiger partial charge >= 0.3 is 0 Å². The van der Waals surface area contributed by atoms with E-state index in [9.17, 15) is 8.78 Å². The molecule has 1 saturated carbocycles. The van der Waals surface area contributed by atoms with Crippen LogP contribution in [0, 0.1) is 11.8 Å². The minimum absolute atomic E-state index is 0.381. The van der Waals surface area contributed by atoms with E-state index >= 15 is 0 Å². The monoisotopic (exact) mass is 249 g/mol. The third-order valence-electron chi connectivity index (χ3n) is 3.57. The minimum Gasteiger partial charge on any atom is -0.374 e. The van der Waals surface area contributed by atoms with Gasteiger partial charge < -0.3 is 10.1 Å². The van der Waals surface area contributed by atoms with Gasteiger partial charge in [-0.05, 0) is 24.7 Å². The lowest BCUT2D eigenvalue weighted by atomic mass is 9.78. The molecule has 0 aliphatic heterocycles. The fraction of sp³-hybridized carbons (Fsp3) is 1.00. The Morgan fingerprint density at radius 2 is 1.94 bits per heavy atom. The normalized spacial score (nSPS) is 25.8. The van der Waals surface area contributed by atoms with Crippen LogP contribution in [0.3, 0.4) is 0 Å². The first-order valence-electron chi connectivity index (χ1n) is 6.70. The third-order valence-corrected chi connectivity index (χ3v) is 3.57. The van der Waals surface area contributed by atoms with Crippen LogP contribution in [0.25, 0.3) is 0 Å². The summed E-state index contributed by atoms with van der Waals surface area (Å²) in [6, 6.07) is 0.541. The van der Waals surface area contributed by atoms with Crippen molar-refractivity contribution in [1.29, 1.82) is 0 Å². The first kappa shape index (κ1) is 14.8. The lowest BCUT2D eigenvalue weighted by molar-refractivity contribution is 0.0170. The third kappa shape index (κ3) is 5.77. The van der Waals surface area contributed by atoms with Crippen molar-refractivity contribution in [3.63, 3.8) is 0 Å². The van der Waals surface area contributed by atoms with Crippen LogP contribution in [-0.4, -0.2) is 32.2 Å². The van der Waals surface area contributed by atoms with E-state index in [1.54, 1.807) is 0 Å². The molecule has 0 spiro atoms. The molecular weight excluding hydrogens is 224 g/mol. The van der Waals surface area contributed by atoms with E-state index in [0.717, 1.165) is 5.92 Å². The fourth-order valence-corrected chi connectivity index (χ4v) is 2.70. The van der Waals surface area contributed by atoms with Gasteiger partial charge in [0.25, 0.3) is 6.43 Å². The summed E-state index contributed by atoms with van der Waals surface area (Å²) >= 11 is 0. The zero-order valence-electron chi connectivity index (χ0n) is 10.9. The lowest BCUT2D eigenvalue weighted by Gasteiger charge is -2.35. The quantitative estimate of drug-likeness (QED) is 0.700. The lowest BCUT2D eigenvalue weighted by Crippen LogP contribution is -2.42. The fourth-order valence-electron chi connectivity index (χ4n) is 2.70. The molecule has 0 radical (unpaired) electrons. The number of hydrogen-bond donors (Lipinski definition) is 1. The molecule has 0 amide bonds. The zero-order valence-corrected chi connectivity index (χ0v) is 10.9. The topological polar surface area (TPSA) is 21.3 Å². The standard InChI is InChI=1S/C13H25F2NO/c1-10(2)11-5-3-4-6-12(11)16-7-8-17-9-13(14)15/h10-13,16H,3-9H2,1-2H3. The zero-order chi connectivity index (χ0) is 12.7. The average molecular weight is 249 g/mol. The molecule has 4 heteroatoms. The number of alkyl halides is 2. The summed E-state index contributed by atoms with van der Waals surface area (Å²) < 4.78 is 28.5. The van der Waals surface area contributed by atoms with Gasteiger partial charge in [0, 0.05) is 12.6 Å². The van der Waals surface area contributed by atoms with E-state index in [1.807, 2.05) is 0 Å². The van der Waals surface area contributed by atoms with Crippen molar-refractivity contribution in [2.45, 2.75) is 52.0 Å². The van der Waals surface area contributed by atoms with Crippen molar-refractivity contribution in [3.05, 3.63) is 0 Å². The summed E-state index contributed by atoms with van der Waals surface area (Å²) in [5.41, 5.74) is 0. The second-order valence-corrected chi connectivity index (χ2v) is 5.22. The first-order valence-corrected chi connectivity index (χ1v) is 6.70. The Kier molecular flexibility index (Phi) is 6.97. The van der Waals surface area contributed by atoms with Crippen molar-refractivity contribution >= 4 is 0 Å². The molecule has 1 fully saturated rings. The molecule has 2 atom stereocenters. The van der Waals surface area contributed by atoms with E-state index in [2.05, 4.69) is 19.2 Å². The number of hydrogen-bond acceptors (Lipinski definition) is 2. The van der Waals surface area contributed by atoms with Gasteiger partial charge in [0.1, 0.15) is 6.61 Å². The summed E-state index contributed by atoms with van der Waals surface area (Å²) in [5.74, 6) is 1.41. The SMILES string of the molecule is CC(C)C1CCCCC1NCCOCC(F)F. The molecule has 0 aromatic heterocycles. The van der Waals surface area contributed by atoms with Crippen LogP contribution in [-0.2, 0) is 4.74 Å².